The number of anilines is 1. The molecule has 0 spiro atoms. The van der Waals surface area contributed by atoms with Crippen molar-refractivity contribution < 1.29 is 0 Å². The van der Waals surface area contributed by atoms with E-state index in [4.69, 9.17) is 5.73 Å². The lowest BCUT2D eigenvalue weighted by Gasteiger charge is -2.23. The molecule has 0 aliphatic carbocycles. The lowest BCUT2D eigenvalue weighted by Crippen LogP contribution is -2.27. The van der Waals surface area contributed by atoms with Crippen molar-refractivity contribution in [1.29, 1.82) is 0 Å². The maximum absolute atomic E-state index is 5.82. The van der Waals surface area contributed by atoms with E-state index < -0.39 is 0 Å². The predicted molar refractivity (Wildman–Crippen MR) is 61.2 cm³/mol. The van der Waals surface area contributed by atoms with Gasteiger partial charge < -0.3 is 11.1 Å². The summed E-state index contributed by atoms with van der Waals surface area (Å²) in [4.78, 5) is 4.41. The van der Waals surface area contributed by atoms with Crippen LogP contribution in [0.25, 0.3) is 0 Å². The fraction of sp³-hybridized carbons (Fsp3) is 0.500. The van der Waals surface area contributed by atoms with Crippen molar-refractivity contribution in [2.75, 3.05) is 18.8 Å². The zero-order valence-electron chi connectivity index (χ0n) is 7.96. The molecule has 0 radical (unpaired) electrons. The highest BCUT2D eigenvalue weighted by atomic mass is 79.9. The van der Waals surface area contributed by atoms with Crippen LogP contribution in [0.15, 0.2) is 16.7 Å². The van der Waals surface area contributed by atoms with Gasteiger partial charge in [-0.1, -0.05) is 0 Å². The van der Waals surface area contributed by atoms with Gasteiger partial charge in [0, 0.05) is 17.8 Å². The number of halogens is 1. The third-order valence-corrected chi connectivity index (χ3v) is 3.54. The van der Waals surface area contributed by atoms with Crippen molar-refractivity contribution in [2.24, 2.45) is 0 Å². The van der Waals surface area contributed by atoms with E-state index in [2.05, 4.69) is 26.2 Å². The highest BCUT2D eigenvalue weighted by Gasteiger charge is 2.19. The summed E-state index contributed by atoms with van der Waals surface area (Å²) in [5.74, 6) is 0.550. The van der Waals surface area contributed by atoms with E-state index in [1.165, 1.54) is 0 Å². The SMILES string of the molecule is Nc1ccnc(C2CCNCC2)c1Br. The van der Waals surface area contributed by atoms with Gasteiger partial charge in [0.25, 0.3) is 0 Å². The second-order valence-corrected chi connectivity index (χ2v) is 4.42. The van der Waals surface area contributed by atoms with Crippen LogP contribution in [0.5, 0.6) is 0 Å². The molecule has 1 aromatic rings. The topological polar surface area (TPSA) is 50.9 Å². The van der Waals surface area contributed by atoms with Crippen molar-refractivity contribution in [3.05, 3.63) is 22.4 Å². The van der Waals surface area contributed by atoms with Gasteiger partial charge in [-0.3, -0.25) is 4.98 Å². The number of hydrogen-bond acceptors (Lipinski definition) is 3. The molecule has 0 aromatic carbocycles. The normalized spacial score (nSPS) is 18.4. The predicted octanol–water partition coefficient (Wildman–Crippen LogP) is 1.89. The third kappa shape index (κ3) is 1.91. The third-order valence-electron chi connectivity index (χ3n) is 2.67. The molecule has 1 aromatic heterocycles. The molecule has 0 atom stereocenters. The number of pyridine rings is 1. The van der Waals surface area contributed by atoms with Crippen LogP contribution in [0.4, 0.5) is 5.69 Å². The number of nitrogens with two attached hydrogens (primary N) is 1. The molecule has 0 unspecified atom stereocenters. The Morgan fingerprint density at radius 3 is 2.86 bits per heavy atom. The lowest BCUT2D eigenvalue weighted by molar-refractivity contribution is 0.452. The number of nitrogens with one attached hydrogen (secondary N) is 1. The van der Waals surface area contributed by atoms with E-state index >= 15 is 0 Å². The van der Waals surface area contributed by atoms with Crippen LogP contribution in [-0.2, 0) is 0 Å². The van der Waals surface area contributed by atoms with E-state index in [1.54, 1.807) is 6.20 Å². The molecule has 1 aliphatic heterocycles. The smallest absolute Gasteiger partial charge is 0.0623 e. The van der Waals surface area contributed by atoms with Gasteiger partial charge in [-0.2, -0.15) is 0 Å². The minimum absolute atomic E-state index is 0.550. The van der Waals surface area contributed by atoms with Gasteiger partial charge in [-0.05, 0) is 47.9 Å². The molecule has 0 saturated carbocycles. The summed E-state index contributed by atoms with van der Waals surface area (Å²) in [5.41, 5.74) is 7.73. The summed E-state index contributed by atoms with van der Waals surface area (Å²) in [6, 6.07) is 1.83. The Hall–Kier alpha value is -0.610. The summed E-state index contributed by atoms with van der Waals surface area (Å²) in [6.45, 7) is 2.15. The van der Waals surface area contributed by atoms with Gasteiger partial charge in [0.2, 0.25) is 0 Å². The van der Waals surface area contributed by atoms with Gasteiger partial charge in [-0.25, -0.2) is 0 Å². The van der Waals surface area contributed by atoms with Gasteiger partial charge >= 0.3 is 0 Å². The average Bonchev–Trinajstić information content (AvgIpc) is 2.23. The first-order chi connectivity index (χ1) is 6.79. The van der Waals surface area contributed by atoms with E-state index in [1.807, 2.05) is 6.07 Å². The molecule has 1 aliphatic rings. The van der Waals surface area contributed by atoms with E-state index in [-0.39, 0.29) is 0 Å². The monoisotopic (exact) mass is 255 g/mol. The van der Waals surface area contributed by atoms with E-state index in [9.17, 15) is 0 Å². The number of nitrogen functional groups attached to an aromatic ring is 1. The minimum atomic E-state index is 0.550. The van der Waals surface area contributed by atoms with Crippen molar-refractivity contribution in [1.82, 2.24) is 10.3 Å². The first-order valence-electron chi connectivity index (χ1n) is 4.89. The molecule has 2 heterocycles. The van der Waals surface area contributed by atoms with Gasteiger partial charge in [0.1, 0.15) is 0 Å². The Kier molecular flexibility index (Phi) is 3.03. The maximum Gasteiger partial charge on any atom is 0.0623 e. The van der Waals surface area contributed by atoms with Crippen LogP contribution in [0.1, 0.15) is 24.5 Å². The number of rotatable bonds is 1. The van der Waals surface area contributed by atoms with Crippen molar-refractivity contribution in [2.45, 2.75) is 18.8 Å². The second kappa shape index (κ2) is 4.28. The number of aromatic nitrogens is 1. The van der Waals surface area contributed by atoms with Crippen LogP contribution in [0.3, 0.4) is 0 Å². The van der Waals surface area contributed by atoms with Gasteiger partial charge in [0.15, 0.2) is 0 Å². The molecule has 1 fully saturated rings. The van der Waals surface area contributed by atoms with Crippen molar-refractivity contribution in [3.8, 4) is 0 Å². The van der Waals surface area contributed by atoms with Gasteiger partial charge in [0.05, 0.1) is 10.2 Å². The Labute approximate surface area is 92.2 Å². The fourth-order valence-electron chi connectivity index (χ4n) is 1.86. The minimum Gasteiger partial charge on any atom is -0.398 e. The van der Waals surface area contributed by atoms with E-state index in [0.29, 0.717) is 5.92 Å². The molecule has 76 valence electrons. The molecule has 2 rings (SSSR count). The van der Waals surface area contributed by atoms with E-state index in [0.717, 1.165) is 41.8 Å². The van der Waals surface area contributed by atoms with Crippen LogP contribution < -0.4 is 11.1 Å². The van der Waals surface area contributed by atoms with Crippen LogP contribution in [0.2, 0.25) is 0 Å². The highest BCUT2D eigenvalue weighted by molar-refractivity contribution is 9.10. The Bertz CT molecular complexity index is 321. The summed E-state index contributed by atoms with van der Waals surface area (Å²) in [6.07, 6.45) is 4.08. The maximum atomic E-state index is 5.82. The summed E-state index contributed by atoms with van der Waals surface area (Å²) >= 11 is 3.51. The lowest BCUT2D eigenvalue weighted by atomic mass is 9.94. The van der Waals surface area contributed by atoms with Crippen molar-refractivity contribution >= 4 is 21.6 Å². The number of nitrogens with zero attached hydrogens (tertiary/aromatic N) is 1. The van der Waals surface area contributed by atoms with Crippen LogP contribution in [0, 0.1) is 0 Å². The summed E-state index contributed by atoms with van der Waals surface area (Å²) in [5, 5.41) is 3.34. The second-order valence-electron chi connectivity index (χ2n) is 3.62. The molecular weight excluding hydrogens is 242 g/mol. The van der Waals surface area contributed by atoms with Crippen LogP contribution in [-0.4, -0.2) is 18.1 Å². The molecule has 4 heteroatoms. The molecule has 0 bridgehead atoms. The molecule has 3 N–H and O–H groups in total. The first-order valence-corrected chi connectivity index (χ1v) is 5.69. The molecule has 0 amide bonds. The molecule has 14 heavy (non-hydrogen) atoms. The summed E-state index contributed by atoms with van der Waals surface area (Å²) in [7, 11) is 0. The number of piperidine rings is 1. The first kappa shape index (κ1) is 9.93. The zero-order valence-corrected chi connectivity index (χ0v) is 9.55. The molecule has 1 saturated heterocycles. The zero-order chi connectivity index (χ0) is 9.97. The highest BCUT2D eigenvalue weighted by Crippen LogP contribution is 2.32. The largest absolute Gasteiger partial charge is 0.398 e. The molecule has 3 nitrogen and oxygen atoms in total. The Morgan fingerprint density at radius 1 is 1.43 bits per heavy atom. The summed E-state index contributed by atoms with van der Waals surface area (Å²) < 4.78 is 0.979. The standard InChI is InChI=1S/C10H14BrN3/c11-9-8(12)3-6-14-10(9)7-1-4-13-5-2-7/h3,6-7,13H,1-2,4-5H2,(H2,12,14). The Balaban J connectivity index is 2.26. The molecular formula is C10H14BrN3. The van der Waals surface area contributed by atoms with Crippen molar-refractivity contribution in [3.63, 3.8) is 0 Å². The van der Waals surface area contributed by atoms with Crippen LogP contribution >= 0.6 is 15.9 Å². The Morgan fingerprint density at radius 2 is 2.14 bits per heavy atom. The quantitative estimate of drug-likeness (QED) is 0.806. The average molecular weight is 256 g/mol. The fourth-order valence-corrected chi connectivity index (χ4v) is 2.41. The van der Waals surface area contributed by atoms with Gasteiger partial charge in [-0.15, -0.1) is 0 Å². The number of hydrogen-bond donors (Lipinski definition) is 2.